The number of nitrogens with one attached hydrogen (secondary N) is 1. The Kier molecular flexibility index (Phi) is 4.39. The quantitative estimate of drug-likeness (QED) is 0.916. The Morgan fingerprint density at radius 3 is 2.40 bits per heavy atom. The van der Waals surface area contributed by atoms with Crippen LogP contribution in [0.2, 0.25) is 0 Å². The first-order valence-electron chi connectivity index (χ1n) is 6.40. The molecule has 0 atom stereocenters. The van der Waals surface area contributed by atoms with E-state index in [2.05, 4.69) is 4.72 Å². The fourth-order valence-electron chi connectivity index (χ4n) is 1.97. The average Bonchev–Trinajstić information content (AvgIpc) is 2.41. The van der Waals surface area contributed by atoms with Gasteiger partial charge in [-0.2, -0.15) is 0 Å². The zero-order valence-corrected chi connectivity index (χ0v) is 12.0. The second kappa shape index (κ2) is 6.05. The molecule has 1 N–H and O–H groups in total. The van der Waals surface area contributed by atoms with E-state index in [0.717, 1.165) is 24.5 Å². The highest BCUT2D eigenvalue weighted by atomic mass is 32.2. The van der Waals surface area contributed by atoms with Crippen LogP contribution in [0.3, 0.4) is 0 Å². The van der Waals surface area contributed by atoms with Crippen molar-refractivity contribution in [1.82, 2.24) is 0 Å². The highest BCUT2D eigenvalue weighted by Crippen LogP contribution is 2.22. The summed E-state index contributed by atoms with van der Waals surface area (Å²) in [6.07, 6.45) is 1.66. The first-order chi connectivity index (χ1) is 9.54. The van der Waals surface area contributed by atoms with Crippen molar-refractivity contribution in [3.05, 3.63) is 59.9 Å². The smallest absolute Gasteiger partial charge is 0.264 e. The van der Waals surface area contributed by atoms with Crippen molar-refractivity contribution in [3.8, 4) is 0 Å². The van der Waals surface area contributed by atoms with Crippen LogP contribution >= 0.6 is 0 Å². The lowest BCUT2D eigenvalue weighted by Gasteiger charge is -2.12. The van der Waals surface area contributed by atoms with Crippen LogP contribution < -0.4 is 4.72 Å². The molecule has 0 fully saturated rings. The van der Waals surface area contributed by atoms with Crippen LogP contribution in [0.4, 0.5) is 10.1 Å². The summed E-state index contributed by atoms with van der Waals surface area (Å²) >= 11 is 0. The van der Waals surface area contributed by atoms with Crippen molar-refractivity contribution in [2.45, 2.75) is 24.7 Å². The van der Waals surface area contributed by atoms with Crippen molar-refractivity contribution < 1.29 is 12.8 Å². The molecule has 0 heterocycles. The first kappa shape index (κ1) is 14.5. The molecule has 0 bridgehead atoms. The fraction of sp³-hybridized carbons (Fsp3) is 0.200. The van der Waals surface area contributed by atoms with E-state index in [0.29, 0.717) is 5.69 Å². The molecule has 106 valence electrons. The minimum absolute atomic E-state index is 0.341. The summed E-state index contributed by atoms with van der Waals surface area (Å²) in [5.74, 6) is -0.757. The molecule has 0 aliphatic carbocycles. The molecule has 5 heteroatoms. The topological polar surface area (TPSA) is 46.2 Å². The maximum Gasteiger partial charge on any atom is 0.264 e. The number of rotatable bonds is 5. The maximum absolute atomic E-state index is 13.6. The van der Waals surface area contributed by atoms with Crippen molar-refractivity contribution in [1.29, 1.82) is 0 Å². The van der Waals surface area contributed by atoms with Gasteiger partial charge >= 0.3 is 0 Å². The predicted octanol–water partition coefficient (Wildman–Crippen LogP) is 3.58. The Hall–Kier alpha value is -1.88. The third kappa shape index (κ3) is 3.17. The van der Waals surface area contributed by atoms with E-state index >= 15 is 0 Å². The van der Waals surface area contributed by atoms with Gasteiger partial charge in [0, 0.05) is 0 Å². The highest BCUT2D eigenvalue weighted by molar-refractivity contribution is 7.92. The van der Waals surface area contributed by atoms with E-state index < -0.39 is 15.8 Å². The standard InChI is InChI=1S/C15H16FNO2S/c1-2-7-12-8-3-5-10-14(12)17-20(18,19)15-11-6-4-9-13(15)16/h3-6,8-11,17H,2,7H2,1H3. The number of benzene rings is 2. The van der Waals surface area contributed by atoms with E-state index in [-0.39, 0.29) is 4.90 Å². The molecule has 0 spiro atoms. The van der Waals surface area contributed by atoms with Crippen LogP contribution in [0.25, 0.3) is 0 Å². The minimum Gasteiger partial charge on any atom is -0.279 e. The van der Waals surface area contributed by atoms with Crippen LogP contribution in [-0.2, 0) is 16.4 Å². The number of anilines is 1. The molecular weight excluding hydrogens is 277 g/mol. The summed E-state index contributed by atoms with van der Waals surface area (Å²) in [4.78, 5) is -0.341. The van der Waals surface area contributed by atoms with Gasteiger partial charge < -0.3 is 0 Å². The molecule has 3 nitrogen and oxygen atoms in total. The van der Waals surface area contributed by atoms with Gasteiger partial charge in [-0.15, -0.1) is 0 Å². The number of para-hydroxylation sites is 1. The van der Waals surface area contributed by atoms with Gasteiger partial charge in [-0.25, -0.2) is 12.8 Å². The first-order valence-corrected chi connectivity index (χ1v) is 7.88. The summed E-state index contributed by atoms with van der Waals surface area (Å²) in [5, 5.41) is 0. The van der Waals surface area contributed by atoms with Crippen LogP contribution in [-0.4, -0.2) is 8.42 Å². The third-order valence-corrected chi connectivity index (χ3v) is 4.31. The highest BCUT2D eigenvalue weighted by Gasteiger charge is 2.19. The van der Waals surface area contributed by atoms with Gasteiger partial charge in [0.2, 0.25) is 0 Å². The molecule has 0 aliphatic heterocycles. The number of halogens is 1. The van der Waals surface area contributed by atoms with Crippen LogP contribution in [0.1, 0.15) is 18.9 Å². The molecule has 0 radical (unpaired) electrons. The monoisotopic (exact) mass is 293 g/mol. The van der Waals surface area contributed by atoms with E-state index in [1.165, 1.54) is 18.2 Å². The van der Waals surface area contributed by atoms with Crippen molar-refractivity contribution in [3.63, 3.8) is 0 Å². The van der Waals surface area contributed by atoms with Gasteiger partial charge in [0.15, 0.2) is 0 Å². The number of hydrogen-bond acceptors (Lipinski definition) is 2. The lowest BCUT2D eigenvalue weighted by Crippen LogP contribution is -2.15. The SMILES string of the molecule is CCCc1ccccc1NS(=O)(=O)c1ccccc1F. The van der Waals surface area contributed by atoms with E-state index in [1.807, 2.05) is 19.1 Å². The van der Waals surface area contributed by atoms with Gasteiger partial charge in [-0.3, -0.25) is 4.72 Å². The van der Waals surface area contributed by atoms with E-state index in [4.69, 9.17) is 0 Å². The molecule has 0 saturated carbocycles. The van der Waals surface area contributed by atoms with Gasteiger partial charge in [-0.05, 0) is 30.2 Å². The van der Waals surface area contributed by atoms with Gasteiger partial charge in [0.05, 0.1) is 5.69 Å². The van der Waals surface area contributed by atoms with Gasteiger partial charge in [-0.1, -0.05) is 43.7 Å². The normalized spacial score (nSPS) is 11.3. The molecule has 0 amide bonds. The molecule has 0 unspecified atom stereocenters. The van der Waals surface area contributed by atoms with E-state index in [9.17, 15) is 12.8 Å². The Morgan fingerprint density at radius 1 is 1.05 bits per heavy atom. The molecule has 2 aromatic rings. The van der Waals surface area contributed by atoms with Crippen LogP contribution in [0.5, 0.6) is 0 Å². The summed E-state index contributed by atoms with van der Waals surface area (Å²) in [5.41, 5.74) is 1.40. The third-order valence-electron chi connectivity index (χ3n) is 2.91. The lowest BCUT2D eigenvalue weighted by molar-refractivity contribution is 0.570. The zero-order chi connectivity index (χ0) is 14.6. The van der Waals surface area contributed by atoms with Crippen LogP contribution in [0.15, 0.2) is 53.4 Å². The molecular formula is C15H16FNO2S. The minimum atomic E-state index is -3.91. The number of aryl methyl sites for hydroxylation is 1. The molecule has 0 saturated heterocycles. The molecule has 2 rings (SSSR count). The summed E-state index contributed by atoms with van der Waals surface area (Å²) < 4.78 is 40.5. The molecule has 2 aromatic carbocycles. The second-order valence-corrected chi connectivity index (χ2v) is 6.09. The number of sulfonamides is 1. The Morgan fingerprint density at radius 2 is 1.70 bits per heavy atom. The Balaban J connectivity index is 2.37. The summed E-state index contributed by atoms with van der Waals surface area (Å²) in [7, 11) is -3.91. The van der Waals surface area contributed by atoms with Crippen molar-refractivity contribution in [2.75, 3.05) is 4.72 Å². The molecule has 0 aliphatic rings. The second-order valence-electron chi connectivity index (χ2n) is 4.44. The van der Waals surface area contributed by atoms with Gasteiger partial charge in [0.1, 0.15) is 10.7 Å². The lowest BCUT2D eigenvalue weighted by atomic mass is 10.1. The molecule has 0 aromatic heterocycles. The van der Waals surface area contributed by atoms with Crippen LogP contribution in [0, 0.1) is 5.82 Å². The number of hydrogen-bond donors (Lipinski definition) is 1. The fourth-order valence-corrected chi connectivity index (χ4v) is 3.15. The Bertz CT molecular complexity index is 699. The Labute approximate surface area is 118 Å². The maximum atomic E-state index is 13.6. The predicted molar refractivity (Wildman–Crippen MR) is 77.6 cm³/mol. The van der Waals surface area contributed by atoms with Crippen molar-refractivity contribution in [2.24, 2.45) is 0 Å². The molecule has 20 heavy (non-hydrogen) atoms. The zero-order valence-electron chi connectivity index (χ0n) is 11.1. The summed E-state index contributed by atoms with van der Waals surface area (Å²) in [6.45, 7) is 2.02. The summed E-state index contributed by atoms with van der Waals surface area (Å²) in [6, 6.07) is 12.5. The average molecular weight is 293 g/mol. The van der Waals surface area contributed by atoms with E-state index in [1.54, 1.807) is 12.1 Å². The van der Waals surface area contributed by atoms with Crippen molar-refractivity contribution >= 4 is 15.7 Å². The largest absolute Gasteiger partial charge is 0.279 e. The van der Waals surface area contributed by atoms with Gasteiger partial charge in [0.25, 0.3) is 10.0 Å².